The molecule has 6 N–H and O–H groups in total. The number of benzene rings is 2. The van der Waals surface area contributed by atoms with E-state index in [1.54, 1.807) is 19.2 Å². The lowest BCUT2D eigenvalue weighted by molar-refractivity contribution is -0.143. The summed E-state index contributed by atoms with van der Waals surface area (Å²) < 4.78 is 10.4. The number of carboxylic acid groups (broad SMARTS) is 1. The minimum Gasteiger partial charge on any atom is -0.508 e. The number of esters is 1. The number of hydrogen-bond acceptors (Lipinski definition) is 7. The van der Waals surface area contributed by atoms with Crippen LogP contribution in [0.5, 0.6) is 11.5 Å². The van der Waals surface area contributed by atoms with Gasteiger partial charge in [-0.25, -0.2) is 0 Å². The molecule has 0 aliphatic heterocycles. The largest absolute Gasteiger partial charge is 0.508 e. The van der Waals surface area contributed by atoms with E-state index in [1.807, 2.05) is 25.1 Å². The smallest absolute Gasteiger partial charge is 0.306 e. The Morgan fingerprint density at radius 2 is 1.32 bits per heavy atom. The zero-order valence-corrected chi connectivity index (χ0v) is 25.9. The van der Waals surface area contributed by atoms with Gasteiger partial charge in [-0.2, -0.15) is 0 Å². The summed E-state index contributed by atoms with van der Waals surface area (Å²) in [6.45, 7) is 3.71. The van der Waals surface area contributed by atoms with E-state index in [0.29, 0.717) is 38.2 Å². The van der Waals surface area contributed by atoms with Crippen LogP contribution in [0.1, 0.15) is 80.5 Å². The molecule has 0 fully saturated rings. The Hall–Kier alpha value is -2.62. The van der Waals surface area contributed by atoms with Crippen molar-refractivity contribution in [2.75, 3.05) is 26.8 Å². The number of phenolic OH excluding ortho intramolecular Hbond substituents is 1. The number of phenols is 1. The van der Waals surface area contributed by atoms with Gasteiger partial charge in [0.05, 0.1) is 13.7 Å². The minimum atomic E-state index is -0.799. The van der Waals surface area contributed by atoms with Crippen LogP contribution in [-0.2, 0) is 40.0 Å². The highest BCUT2D eigenvalue weighted by Gasteiger charge is 2.08. The summed E-state index contributed by atoms with van der Waals surface area (Å²) in [6, 6.07) is 11.5. The first-order valence-corrected chi connectivity index (χ1v) is 14.1. The molecule has 0 aliphatic carbocycles. The summed E-state index contributed by atoms with van der Waals surface area (Å²) in [5, 5.41) is 18.4. The third-order valence-electron chi connectivity index (χ3n) is 6.34. The fourth-order valence-electron chi connectivity index (χ4n) is 4.18. The molecule has 0 amide bonds. The van der Waals surface area contributed by atoms with Crippen molar-refractivity contribution in [3.8, 4) is 11.5 Å². The van der Waals surface area contributed by atoms with Gasteiger partial charge in [0.25, 0.3) is 0 Å². The number of carbonyl (C=O) groups excluding carboxylic acids is 1. The zero-order chi connectivity index (χ0) is 28.9. The van der Waals surface area contributed by atoms with Crippen LogP contribution in [-0.4, -0.2) is 49.0 Å². The molecule has 2 rings (SSSR count). The van der Waals surface area contributed by atoms with E-state index in [1.165, 1.54) is 5.56 Å². The highest BCUT2D eigenvalue weighted by Crippen LogP contribution is 2.23. The van der Waals surface area contributed by atoms with Gasteiger partial charge in [-0.05, 0) is 106 Å². The van der Waals surface area contributed by atoms with Crippen LogP contribution >= 0.6 is 17.0 Å². The number of ether oxygens (including phenoxy) is 2. The van der Waals surface area contributed by atoms with E-state index in [9.17, 15) is 14.7 Å². The molecule has 40 heavy (non-hydrogen) atoms. The molecule has 0 radical (unpaired) electrons. The van der Waals surface area contributed by atoms with Crippen molar-refractivity contribution in [2.45, 2.75) is 84.0 Å². The Morgan fingerprint density at radius 3 is 1.88 bits per heavy atom. The molecule has 0 saturated carbocycles. The number of hydrogen-bond donors (Lipinski definition) is 4. The quantitative estimate of drug-likeness (QED) is 0.125. The van der Waals surface area contributed by atoms with Crippen molar-refractivity contribution in [3.63, 3.8) is 0 Å². The SMILES string of the molecule is Br.CCOC(=O)CCc1ccc(OC)c(CCCCCN)c1.NCCCCCc1cc(CCC(=O)O)ccc1O. The van der Waals surface area contributed by atoms with E-state index in [4.69, 9.17) is 26.0 Å². The lowest BCUT2D eigenvalue weighted by Gasteiger charge is -2.11. The zero-order valence-electron chi connectivity index (χ0n) is 24.2. The lowest BCUT2D eigenvalue weighted by Crippen LogP contribution is -2.05. The van der Waals surface area contributed by atoms with Crippen molar-refractivity contribution < 1.29 is 29.3 Å². The number of unbranched alkanes of at least 4 members (excludes halogenated alkanes) is 4. The summed E-state index contributed by atoms with van der Waals surface area (Å²) in [4.78, 5) is 21.9. The second-order valence-corrected chi connectivity index (χ2v) is 9.51. The third kappa shape index (κ3) is 16.5. The van der Waals surface area contributed by atoms with E-state index in [-0.39, 0.29) is 29.4 Å². The average Bonchev–Trinajstić information content (AvgIpc) is 2.93. The number of halogens is 1. The second-order valence-electron chi connectivity index (χ2n) is 9.51. The number of methoxy groups -OCH3 is 1. The van der Waals surface area contributed by atoms with Crippen molar-refractivity contribution in [1.29, 1.82) is 0 Å². The summed E-state index contributed by atoms with van der Waals surface area (Å²) in [5.74, 6) is 0.273. The maximum Gasteiger partial charge on any atom is 0.306 e. The first-order chi connectivity index (χ1) is 18.8. The van der Waals surface area contributed by atoms with Crippen LogP contribution in [0.3, 0.4) is 0 Å². The molecular formula is C31H49BrN2O6. The van der Waals surface area contributed by atoms with Gasteiger partial charge in [-0.15, -0.1) is 17.0 Å². The van der Waals surface area contributed by atoms with Crippen LogP contribution in [0, 0.1) is 0 Å². The maximum absolute atomic E-state index is 11.4. The van der Waals surface area contributed by atoms with Gasteiger partial charge in [0, 0.05) is 12.8 Å². The number of rotatable bonds is 18. The molecule has 0 atom stereocenters. The molecular weight excluding hydrogens is 576 g/mol. The third-order valence-corrected chi connectivity index (χ3v) is 6.34. The number of aliphatic carboxylic acids is 1. The van der Waals surface area contributed by atoms with Crippen molar-refractivity contribution in [2.24, 2.45) is 11.5 Å². The molecule has 8 nitrogen and oxygen atoms in total. The second kappa shape index (κ2) is 23.1. The minimum absolute atomic E-state index is 0. The Bertz CT molecular complexity index is 986. The number of aryl methyl sites for hydroxylation is 4. The van der Waals surface area contributed by atoms with Crippen LogP contribution in [0.15, 0.2) is 36.4 Å². The average molecular weight is 626 g/mol. The predicted molar refractivity (Wildman–Crippen MR) is 166 cm³/mol. The monoisotopic (exact) mass is 624 g/mol. The molecule has 0 aliphatic rings. The molecule has 0 saturated heterocycles. The van der Waals surface area contributed by atoms with Gasteiger partial charge >= 0.3 is 11.9 Å². The van der Waals surface area contributed by atoms with Crippen LogP contribution < -0.4 is 16.2 Å². The van der Waals surface area contributed by atoms with Gasteiger partial charge < -0.3 is 31.2 Å². The summed E-state index contributed by atoms with van der Waals surface area (Å²) in [5.41, 5.74) is 15.2. The van der Waals surface area contributed by atoms with E-state index >= 15 is 0 Å². The normalized spacial score (nSPS) is 10.2. The van der Waals surface area contributed by atoms with Crippen LogP contribution in [0.4, 0.5) is 0 Å². The fraction of sp³-hybridized carbons (Fsp3) is 0.548. The Labute approximate surface area is 250 Å². The Morgan fingerprint density at radius 1 is 0.775 bits per heavy atom. The molecule has 0 spiro atoms. The van der Waals surface area contributed by atoms with E-state index < -0.39 is 5.97 Å². The van der Waals surface area contributed by atoms with Crippen molar-refractivity contribution in [3.05, 3.63) is 58.7 Å². The molecule has 0 aromatic heterocycles. The first-order valence-electron chi connectivity index (χ1n) is 14.1. The van der Waals surface area contributed by atoms with E-state index in [0.717, 1.165) is 80.4 Å². The highest BCUT2D eigenvalue weighted by molar-refractivity contribution is 8.93. The predicted octanol–water partition coefficient (Wildman–Crippen LogP) is 5.52. The topological polar surface area (TPSA) is 145 Å². The van der Waals surface area contributed by atoms with Crippen LogP contribution in [0.25, 0.3) is 0 Å². The van der Waals surface area contributed by atoms with Crippen LogP contribution in [0.2, 0.25) is 0 Å². The van der Waals surface area contributed by atoms with Gasteiger partial charge in [0.2, 0.25) is 0 Å². The molecule has 226 valence electrons. The lowest BCUT2D eigenvalue weighted by atomic mass is 10.0. The van der Waals surface area contributed by atoms with Gasteiger partial charge in [0.15, 0.2) is 0 Å². The van der Waals surface area contributed by atoms with Crippen molar-refractivity contribution >= 4 is 28.9 Å². The number of nitrogens with two attached hydrogens (primary N) is 2. The Kier molecular flexibility index (Phi) is 21.6. The number of carbonyl (C=O) groups is 2. The van der Waals surface area contributed by atoms with Gasteiger partial charge in [-0.3, -0.25) is 9.59 Å². The highest BCUT2D eigenvalue weighted by atomic mass is 79.9. The first kappa shape index (κ1) is 37.4. The molecule has 2 aromatic rings. The maximum atomic E-state index is 11.4. The number of carboxylic acids is 1. The molecule has 0 heterocycles. The number of aromatic hydroxyl groups is 1. The van der Waals surface area contributed by atoms with E-state index in [2.05, 4.69) is 6.07 Å². The molecule has 0 unspecified atom stereocenters. The Balaban J connectivity index is 0.000000750. The van der Waals surface area contributed by atoms with Crippen molar-refractivity contribution in [1.82, 2.24) is 0 Å². The molecule has 2 aromatic carbocycles. The summed E-state index contributed by atoms with van der Waals surface area (Å²) in [6.07, 6.45) is 9.89. The summed E-state index contributed by atoms with van der Waals surface area (Å²) in [7, 11) is 1.69. The molecule has 9 heteroatoms. The standard InChI is InChI=1S/C17H27NO3.C14H21NO3.BrH/c1-3-21-17(19)11-9-14-8-10-16(20-2)15(13-14)7-5-4-6-12-18;15-9-3-1-2-4-12-10-11(5-7-13(12)16)6-8-14(17)18;/h8,10,13H,3-7,9,11-12,18H2,1-2H3;5,7,10,16H,1-4,6,8-9,15H2,(H,17,18);1H. The van der Waals surface area contributed by atoms with Gasteiger partial charge in [0.1, 0.15) is 11.5 Å². The van der Waals surface area contributed by atoms with Gasteiger partial charge in [-0.1, -0.05) is 37.1 Å². The molecule has 0 bridgehead atoms. The fourth-order valence-corrected chi connectivity index (χ4v) is 4.18. The summed E-state index contributed by atoms with van der Waals surface area (Å²) >= 11 is 0.